The van der Waals surface area contributed by atoms with Crippen LogP contribution in [0.2, 0.25) is 0 Å². The maximum Gasteiger partial charge on any atom is 0.271 e. The zero-order chi connectivity index (χ0) is 17.0. The van der Waals surface area contributed by atoms with E-state index in [9.17, 15) is 14.9 Å². The van der Waals surface area contributed by atoms with Crippen LogP contribution in [-0.2, 0) is 0 Å². The molecule has 2 aromatic rings. The van der Waals surface area contributed by atoms with E-state index in [1.165, 1.54) is 24.3 Å². The summed E-state index contributed by atoms with van der Waals surface area (Å²) in [5, 5.41) is 14.5. The Morgan fingerprint density at radius 1 is 1.35 bits per heavy atom. The molecule has 2 rings (SSSR count). The number of benzene rings is 1. The Morgan fingerprint density at radius 3 is 2.52 bits per heavy atom. The number of nitro groups is 1. The summed E-state index contributed by atoms with van der Waals surface area (Å²) in [6.07, 6.45) is 3.52. The Balaban J connectivity index is 2.01. The number of carbonyl (C=O) groups is 1. The maximum absolute atomic E-state index is 11.9. The van der Waals surface area contributed by atoms with Gasteiger partial charge in [-0.15, -0.1) is 0 Å². The first kappa shape index (κ1) is 16.4. The van der Waals surface area contributed by atoms with Crippen LogP contribution in [0.3, 0.4) is 0 Å². The summed E-state index contributed by atoms with van der Waals surface area (Å²) in [4.78, 5) is 22.0. The smallest absolute Gasteiger partial charge is 0.271 e. The highest BCUT2D eigenvalue weighted by molar-refractivity contribution is 5.95. The summed E-state index contributed by atoms with van der Waals surface area (Å²) < 4.78 is 2.11. The van der Waals surface area contributed by atoms with Crippen molar-refractivity contribution in [2.24, 2.45) is 5.10 Å². The fourth-order valence-corrected chi connectivity index (χ4v) is 2.21. The van der Waals surface area contributed by atoms with Gasteiger partial charge < -0.3 is 4.57 Å². The highest BCUT2D eigenvalue weighted by atomic mass is 16.6. The minimum absolute atomic E-state index is 0.0597. The van der Waals surface area contributed by atoms with Gasteiger partial charge in [-0.1, -0.05) is 0 Å². The van der Waals surface area contributed by atoms with Gasteiger partial charge in [0.25, 0.3) is 11.6 Å². The molecule has 0 saturated heterocycles. The highest BCUT2D eigenvalue weighted by Crippen LogP contribution is 2.13. The van der Waals surface area contributed by atoms with Gasteiger partial charge >= 0.3 is 0 Å². The molecule has 0 bridgehead atoms. The molecular weight excluding hydrogens is 296 g/mol. The topological polar surface area (TPSA) is 89.5 Å². The highest BCUT2D eigenvalue weighted by Gasteiger charge is 2.08. The van der Waals surface area contributed by atoms with Crippen LogP contribution in [0.5, 0.6) is 0 Å². The molecule has 120 valence electrons. The molecule has 1 aromatic heterocycles. The zero-order valence-corrected chi connectivity index (χ0v) is 13.2. The van der Waals surface area contributed by atoms with Crippen LogP contribution in [-0.4, -0.2) is 21.6 Å². The van der Waals surface area contributed by atoms with Gasteiger partial charge in [-0.25, -0.2) is 5.43 Å². The number of hydrazone groups is 1. The van der Waals surface area contributed by atoms with Crippen molar-refractivity contribution in [1.29, 1.82) is 0 Å². The standard InChI is InChI=1S/C16H18N4O3/c1-11(2)19-10-13(8-12(19)3)9-17-18-16(21)14-4-6-15(7-5-14)20(22)23/h4-11H,1-3H3,(H,18,21)/b17-9-. The maximum atomic E-state index is 11.9. The number of nitrogens with zero attached hydrogens (tertiary/aromatic N) is 3. The third-order valence-corrected chi connectivity index (χ3v) is 3.35. The van der Waals surface area contributed by atoms with E-state index < -0.39 is 10.8 Å². The quantitative estimate of drug-likeness (QED) is 0.522. The Morgan fingerprint density at radius 2 is 2.00 bits per heavy atom. The van der Waals surface area contributed by atoms with Crippen molar-refractivity contribution < 1.29 is 9.72 Å². The molecule has 0 aliphatic heterocycles. The van der Waals surface area contributed by atoms with E-state index in [4.69, 9.17) is 0 Å². The van der Waals surface area contributed by atoms with Gasteiger partial charge in [0.05, 0.1) is 11.1 Å². The first-order valence-corrected chi connectivity index (χ1v) is 7.15. The molecule has 0 fully saturated rings. The Labute approximate surface area is 133 Å². The molecule has 0 radical (unpaired) electrons. The van der Waals surface area contributed by atoms with Crippen LogP contribution >= 0.6 is 0 Å². The summed E-state index contributed by atoms with van der Waals surface area (Å²) in [7, 11) is 0. The van der Waals surface area contributed by atoms with Crippen LogP contribution in [0, 0.1) is 17.0 Å². The van der Waals surface area contributed by atoms with Crippen molar-refractivity contribution in [3.8, 4) is 0 Å². The van der Waals surface area contributed by atoms with Crippen molar-refractivity contribution in [3.05, 3.63) is 63.5 Å². The molecule has 0 spiro atoms. The molecule has 0 aliphatic carbocycles. The normalized spacial score (nSPS) is 11.1. The molecule has 23 heavy (non-hydrogen) atoms. The fraction of sp³-hybridized carbons (Fsp3) is 0.250. The monoisotopic (exact) mass is 314 g/mol. The third kappa shape index (κ3) is 4.03. The first-order valence-electron chi connectivity index (χ1n) is 7.15. The number of nitrogens with one attached hydrogen (secondary N) is 1. The summed E-state index contributed by atoms with van der Waals surface area (Å²) in [6.45, 7) is 6.18. The lowest BCUT2D eigenvalue weighted by molar-refractivity contribution is -0.384. The second-order valence-corrected chi connectivity index (χ2v) is 5.42. The second kappa shape index (κ2) is 6.87. The SMILES string of the molecule is Cc1cc(/C=N\NC(=O)c2ccc([N+](=O)[O-])cc2)cn1C(C)C. The van der Waals surface area contributed by atoms with E-state index in [0.29, 0.717) is 11.6 Å². The van der Waals surface area contributed by atoms with Crippen LogP contribution < -0.4 is 5.43 Å². The third-order valence-electron chi connectivity index (χ3n) is 3.35. The number of nitro benzene ring substituents is 1. The Bertz CT molecular complexity index is 745. The van der Waals surface area contributed by atoms with Gasteiger partial charge in [0.2, 0.25) is 0 Å². The minimum atomic E-state index is -0.512. The molecule has 1 N–H and O–H groups in total. The fourth-order valence-electron chi connectivity index (χ4n) is 2.21. The van der Waals surface area contributed by atoms with Crippen LogP contribution in [0.4, 0.5) is 5.69 Å². The largest absolute Gasteiger partial charge is 0.349 e. The lowest BCUT2D eigenvalue weighted by Gasteiger charge is -2.08. The van der Waals surface area contributed by atoms with Crippen LogP contribution in [0.15, 0.2) is 41.6 Å². The number of non-ortho nitro benzene ring substituents is 1. The van der Waals surface area contributed by atoms with Gasteiger partial charge in [-0.3, -0.25) is 14.9 Å². The zero-order valence-electron chi connectivity index (χ0n) is 13.2. The summed E-state index contributed by atoms with van der Waals surface area (Å²) in [5.41, 5.74) is 4.66. The number of aromatic nitrogens is 1. The number of aryl methyl sites for hydroxylation is 1. The summed E-state index contributed by atoms with van der Waals surface area (Å²) >= 11 is 0. The number of rotatable bonds is 5. The Kier molecular flexibility index (Phi) is 4.90. The molecule has 7 heteroatoms. The number of hydrogen-bond donors (Lipinski definition) is 1. The summed E-state index contributed by atoms with van der Waals surface area (Å²) in [5.74, 6) is -0.420. The molecule has 0 atom stereocenters. The van der Waals surface area contributed by atoms with Gasteiger partial charge in [-0.05, 0) is 39.0 Å². The van der Waals surface area contributed by atoms with E-state index in [2.05, 4.69) is 28.9 Å². The lowest BCUT2D eigenvalue weighted by Crippen LogP contribution is -2.17. The van der Waals surface area contributed by atoms with Gasteiger partial charge in [0, 0.05) is 41.2 Å². The molecule has 0 saturated carbocycles. The molecule has 1 amide bonds. The minimum Gasteiger partial charge on any atom is -0.349 e. The number of hydrogen-bond acceptors (Lipinski definition) is 4. The van der Waals surface area contributed by atoms with Gasteiger partial charge in [0.1, 0.15) is 0 Å². The molecule has 1 aromatic carbocycles. The average Bonchev–Trinajstić information content (AvgIpc) is 2.88. The number of carbonyl (C=O) groups excluding carboxylic acids is 1. The molecular formula is C16H18N4O3. The molecule has 7 nitrogen and oxygen atoms in total. The number of amides is 1. The van der Waals surface area contributed by atoms with Gasteiger partial charge in [-0.2, -0.15) is 5.10 Å². The van der Waals surface area contributed by atoms with Crippen molar-refractivity contribution in [2.75, 3.05) is 0 Å². The summed E-state index contributed by atoms with van der Waals surface area (Å²) in [6, 6.07) is 7.67. The molecule has 0 unspecified atom stereocenters. The first-order chi connectivity index (χ1) is 10.9. The Hall–Kier alpha value is -2.96. The molecule has 1 heterocycles. The van der Waals surface area contributed by atoms with Crippen molar-refractivity contribution in [3.63, 3.8) is 0 Å². The lowest BCUT2D eigenvalue weighted by atomic mass is 10.2. The van der Waals surface area contributed by atoms with E-state index in [1.54, 1.807) is 6.21 Å². The molecule has 0 aliphatic rings. The predicted molar refractivity (Wildman–Crippen MR) is 87.7 cm³/mol. The van der Waals surface area contributed by atoms with Crippen LogP contribution in [0.25, 0.3) is 0 Å². The second-order valence-electron chi connectivity index (χ2n) is 5.42. The van der Waals surface area contributed by atoms with E-state index in [1.807, 2.05) is 19.2 Å². The van der Waals surface area contributed by atoms with E-state index in [0.717, 1.165) is 11.3 Å². The van der Waals surface area contributed by atoms with E-state index >= 15 is 0 Å². The van der Waals surface area contributed by atoms with Gasteiger partial charge in [0.15, 0.2) is 0 Å². The predicted octanol–water partition coefficient (Wildman–Crippen LogP) is 3.05. The van der Waals surface area contributed by atoms with E-state index in [-0.39, 0.29) is 5.69 Å². The van der Waals surface area contributed by atoms with Crippen molar-refractivity contribution in [2.45, 2.75) is 26.8 Å². The van der Waals surface area contributed by atoms with Crippen molar-refractivity contribution in [1.82, 2.24) is 9.99 Å². The average molecular weight is 314 g/mol. The van der Waals surface area contributed by atoms with Crippen molar-refractivity contribution >= 4 is 17.8 Å². The van der Waals surface area contributed by atoms with Crippen LogP contribution in [0.1, 0.15) is 41.5 Å².